The Morgan fingerprint density at radius 1 is 1.03 bits per heavy atom. The van der Waals surface area contributed by atoms with Gasteiger partial charge in [-0.05, 0) is 17.7 Å². The SMILES string of the molecule is O=C(/C=C/c1ccccc1)OC[C@@H]1O[C@@H](O[C@@H]2OC=C[C@H]3[C@H](O)[C@@H]4O[C@]4(CO)[C@@H]23)[C@H](O)[C@@H](O)[C@@H]1O. The number of fused-ring (bicyclic) bond motifs is 3. The van der Waals surface area contributed by atoms with Gasteiger partial charge in [-0.25, -0.2) is 4.79 Å². The second-order valence-electron chi connectivity index (χ2n) is 9.10. The molecule has 1 saturated carbocycles. The van der Waals surface area contributed by atoms with Crippen LogP contribution in [0.2, 0.25) is 0 Å². The van der Waals surface area contributed by atoms with Crippen molar-refractivity contribution in [2.24, 2.45) is 11.8 Å². The van der Waals surface area contributed by atoms with Gasteiger partial charge in [0.1, 0.15) is 42.7 Å². The first-order valence-electron chi connectivity index (χ1n) is 11.4. The largest absolute Gasteiger partial charge is 0.472 e. The molecule has 5 N–H and O–H groups in total. The van der Waals surface area contributed by atoms with Crippen molar-refractivity contribution in [3.8, 4) is 0 Å². The summed E-state index contributed by atoms with van der Waals surface area (Å²) >= 11 is 0. The van der Waals surface area contributed by atoms with Gasteiger partial charge in [-0.3, -0.25) is 0 Å². The summed E-state index contributed by atoms with van der Waals surface area (Å²) in [6.07, 6.45) is -4.23. The molecule has 3 fully saturated rings. The predicted molar refractivity (Wildman–Crippen MR) is 116 cm³/mol. The van der Waals surface area contributed by atoms with E-state index < -0.39 is 79.2 Å². The number of ether oxygens (including phenoxy) is 5. The molecule has 4 aliphatic rings. The number of epoxide rings is 1. The summed E-state index contributed by atoms with van der Waals surface area (Å²) in [4.78, 5) is 12.1. The predicted octanol–water partition coefficient (Wildman–Crippen LogP) is -1.33. The lowest BCUT2D eigenvalue weighted by atomic mass is 9.85. The van der Waals surface area contributed by atoms with E-state index in [1.54, 1.807) is 12.2 Å². The summed E-state index contributed by atoms with van der Waals surface area (Å²) < 4.78 is 27.7. The third kappa shape index (κ3) is 4.39. The number of aliphatic hydroxyl groups is 5. The van der Waals surface area contributed by atoms with Gasteiger partial charge >= 0.3 is 5.97 Å². The van der Waals surface area contributed by atoms with Crippen LogP contribution in [0.5, 0.6) is 0 Å². The Balaban J connectivity index is 1.22. The van der Waals surface area contributed by atoms with Crippen molar-refractivity contribution in [1.82, 2.24) is 0 Å². The highest BCUT2D eigenvalue weighted by molar-refractivity contribution is 5.87. The van der Waals surface area contributed by atoms with Crippen molar-refractivity contribution in [3.05, 3.63) is 54.3 Å². The number of carbonyl (C=O) groups excluding carboxylic acids is 1. The van der Waals surface area contributed by atoms with E-state index >= 15 is 0 Å². The Hall–Kier alpha value is -2.35. The average molecular weight is 492 g/mol. The second-order valence-corrected chi connectivity index (χ2v) is 9.10. The molecule has 11 nitrogen and oxygen atoms in total. The fourth-order valence-electron chi connectivity index (χ4n) is 5.10. The number of benzene rings is 1. The van der Waals surface area contributed by atoms with E-state index in [9.17, 15) is 30.3 Å². The number of aliphatic hydroxyl groups excluding tert-OH is 5. The van der Waals surface area contributed by atoms with Crippen LogP contribution in [-0.4, -0.2) is 99.5 Å². The van der Waals surface area contributed by atoms with Crippen LogP contribution >= 0.6 is 0 Å². The van der Waals surface area contributed by atoms with Gasteiger partial charge in [0.15, 0.2) is 6.29 Å². The quantitative estimate of drug-likeness (QED) is 0.174. The minimum absolute atomic E-state index is 0.364. The summed E-state index contributed by atoms with van der Waals surface area (Å²) in [5.74, 6) is -1.70. The maximum atomic E-state index is 12.1. The standard InChI is InChI=1S/C24H28O11/c25-11-24-16-13(17(27)21(24)35-24)8-9-31-22(16)34-23-20(30)19(29)18(28)14(33-23)10-32-15(26)7-6-12-4-2-1-3-5-12/h1-9,13-14,16-23,25,27-30H,10-11H2/b7-6+/t13-,14+,16-,17+,18-,19+,20-,21+,22+,23+,24-/m1/s1. The van der Waals surface area contributed by atoms with Gasteiger partial charge < -0.3 is 49.2 Å². The first kappa shape index (κ1) is 24.3. The first-order valence-corrected chi connectivity index (χ1v) is 11.4. The van der Waals surface area contributed by atoms with E-state index in [0.29, 0.717) is 0 Å². The van der Waals surface area contributed by atoms with Gasteiger partial charge in [0.05, 0.1) is 24.9 Å². The third-order valence-corrected chi connectivity index (χ3v) is 7.05. The van der Waals surface area contributed by atoms with Crippen molar-refractivity contribution >= 4 is 12.0 Å². The zero-order chi connectivity index (χ0) is 24.7. The number of hydrogen-bond donors (Lipinski definition) is 5. The highest BCUT2D eigenvalue weighted by Gasteiger charge is 2.75. The Labute approximate surface area is 200 Å². The molecule has 1 aliphatic carbocycles. The van der Waals surface area contributed by atoms with E-state index in [4.69, 9.17) is 23.7 Å². The van der Waals surface area contributed by atoms with Gasteiger partial charge in [0.25, 0.3) is 0 Å². The summed E-state index contributed by atoms with van der Waals surface area (Å²) in [5, 5.41) is 51.5. The van der Waals surface area contributed by atoms with Gasteiger partial charge in [0.2, 0.25) is 6.29 Å². The smallest absolute Gasteiger partial charge is 0.330 e. The van der Waals surface area contributed by atoms with Crippen LogP contribution in [0.25, 0.3) is 6.08 Å². The molecule has 1 aromatic rings. The summed E-state index contributed by atoms with van der Waals surface area (Å²) in [6, 6.07) is 9.11. The Morgan fingerprint density at radius 2 is 1.80 bits per heavy atom. The lowest BCUT2D eigenvalue weighted by Crippen LogP contribution is -2.60. The first-order chi connectivity index (χ1) is 16.9. The number of rotatable bonds is 7. The third-order valence-electron chi connectivity index (χ3n) is 7.05. The molecule has 0 spiro atoms. The molecular weight excluding hydrogens is 464 g/mol. The minimum Gasteiger partial charge on any atom is -0.472 e. The molecule has 3 heterocycles. The van der Waals surface area contributed by atoms with Crippen molar-refractivity contribution < 1.29 is 54.0 Å². The van der Waals surface area contributed by atoms with Crippen LogP contribution < -0.4 is 0 Å². The van der Waals surface area contributed by atoms with Gasteiger partial charge in [-0.1, -0.05) is 30.3 Å². The van der Waals surface area contributed by atoms with Crippen LogP contribution in [0.3, 0.4) is 0 Å². The van der Waals surface area contributed by atoms with Gasteiger partial charge in [0, 0.05) is 12.0 Å². The summed E-state index contributed by atoms with van der Waals surface area (Å²) in [5.41, 5.74) is -0.248. The van der Waals surface area contributed by atoms with Crippen molar-refractivity contribution in [2.75, 3.05) is 13.2 Å². The van der Waals surface area contributed by atoms with Gasteiger partial charge in [-0.15, -0.1) is 0 Å². The number of carbonyl (C=O) groups is 1. The molecule has 0 amide bonds. The molecule has 2 saturated heterocycles. The highest BCUT2D eigenvalue weighted by Crippen LogP contribution is 2.59. The van der Waals surface area contributed by atoms with Crippen LogP contribution in [-0.2, 0) is 28.5 Å². The van der Waals surface area contributed by atoms with Gasteiger partial charge in [-0.2, -0.15) is 0 Å². The lowest BCUT2D eigenvalue weighted by Gasteiger charge is -2.43. The van der Waals surface area contributed by atoms with E-state index in [2.05, 4.69) is 0 Å². The molecule has 190 valence electrons. The van der Waals surface area contributed by atoms with Crippen molar-refractivity contribution in [2.45, 2.75) is 54.8 Å². The van der Waals surface area contributed by atoms with Crippen molar-refractivity contribution in [3.63, 3.8) is 0 Å². The number of esters is 1. The van der Waals surface area contributed by atoms with Crippen LogP contribution in [0, 0.1) is 11.8 Å². The fourth-order valence-corrected chi connectivity index (χ4v) is 5.10. The van der Waals surface area contributed by atoms with Crippen LogP contribution in [0.15, 0.2) is 48.7 Å². The zero-order valence-corrected chi connectivity index (χ0v) is 18.6. The van der Waals surface area contributed by atoms with Crippen LogP contribution in [0.1, 0.15) is 5.56 Å². The van der Waals surface area contributed by atoms with Crippen molar-refractivity contribution in [1.29, 1.82) is 0 Å². The fraction of sp³-hybridized carbons (Fsp3) is 0.542. The lowest BCUT2D eigenvalue weighted by molar-refractivity contribution is -0.344. The maximum Gasteiger partial charge on any atom is 0.330 e. The van der Waals surface area contributed by atoms with E-state index in [1.807, 2.05) is 30.3 Å². The summed E-state index contributed by atoms with van der Waals surface area (Å²) in [7, 11) is 0. The molecule has 1 aromatic carbocycles. The average Bonchev–Trinajstić information content (AvgIpc) is 3.57. The maximum absolute atomic E-state index is 12.1. The normalized spacial score (nSPS) is 43.9. The van der Waals surface area contributed by atoms with Crippen LogP contribution in [0.4, 0.5) is 0 Å². The monoisotopic (exact) mass is 492 g/mol. The molecule has 5 rings (SSSR count). The van der Waals surface area contributed by atoms with E-state index in [0.717, 1.165) is 5.56 Å². The molecule has 35 heavy (non-hydrogen) atoms. The molecule has 11 heteroatoms. The molecule has 11 atom stereocenters. The minimum atomic E-state index is -1.65. The Bertz CT molecular complexity index is 967. The molecule has 0 aromatic heterocycles. The van der Waals surface area contributed by atoms with E-state index in [-0.39, 0.29) is 6.61 Å². The Morgan fingerprint density at radius 3 is 2.54 bits per heavy atom. The molecule has 0 bridgehead atoms. The molecule has 0 radical (unpaired) electrons. The van der Waals surface area contributed by atoms with E-state index in [1.165, 1.54) is 12.3 Å². The Kier molecular flexibility index (Phi) is 6.68. The number of hydrogen-bond acceptors (Lipinski definition) is 11. The highest BCUT2D eigenvalue weighted by atomic mass is 16.8. The topological polar surface area (TPSA) is 168 Å². The molecular formula is C24H28O11. The molecule has 0 unspecified atom stereocenters. The molecule has 3 aliphatic heterocycles. The zero-order valence-electron chi connectivity index (χ0n) is 18.6. The second kappa shape index (κ2) is 9.60. The summed E-state index contributed by atoms with van der Waals surface area (Å²) in [6.45, 7) is -0.776.